The van der Waals surface area contributed by atoms with E-state index in [9.17, 15) is 9.59 Å². The van der Waals surface area contributed by atoms with E-state index >= 15 is 0 Å². The molecular formula is C20H23N3O3S. The Hall–Kier alpha value is -2.67. The van der Waals surface area contributed by atoms with Crippen LogP contribution in [0.5, 0.6) is 0 Å². The van der Waals surface area contributed by atoms with Gasteiger partial charge in [0.1, 0.15) is 17.3 Å². The summed E-state index contributed by atoms with van der Waals surface area (Å²) in [6.45, 7) is 6.70. The third-order valence-corrected chi connectivity index (χ3v) is 5.52. The monoisotopic (exact) mass is 385 g/mol. The fourth-order valence-corrected chi connectivity index (χ4v) is 3.84. The van der Waals surface area contributed by atoms with Gasteiger partial charge in [0.25, 0.3) is 5.56 Å². The first kappa shape index (κ1) is 19.1. The number of esters is 1. The minimum absolute atomic E-state index is 0.0801. The summed E-state index contributed by atoms with van der Waals surface area (Å²) in [6.07, 6.45) is 2.09. The predicted molar refractivity (Wildman–Crippen MR) is 109 cm³/mol. The molecule has 0 aliphatic heterocycles. The molecule has 0 amide bonds. The summed E-state index contributed by atoms with van der Waals surface area (Å²) in [7, 11) is 0. The van der Waals surface area contributed by atoms with E-state index in [1.165, 1.54) is 11.3 Å². The predicted octanol–water partition coefficient (Wildman–Crippen LogP) is 4.17. The first-order chi connectivity index (χ1) is 13.0. The summed E-state index contributed by atoms with van der Waals surface area (Å²) >= 11 is 1.47. The first-order valence-electron chi connectivity index (χ1n) is 9.00. The van der Waals surface area contributed by atoms with Crippen LogP contribution >= 0.6 is 11.3 Å². The van der Waals surface area contributed by atoms with E-state index in [1.807, 2.05) is 26.0 Å². The van der Waals surface area contributed by atoms with E-state index in [2.05, 4.69) is 22.2 Å². The van der Waals surface area contributed by atoms with Crippen molar-refractivity contribution in [2.45, 2.75) is 40.2 Å². The van der Waals surface area contributed by atoms with Crippen molar-refractivity contribution in [2.24, 2.45) is 0 Å². The van der Waals surface area contributed by atoms with Crippen molar-refractivity contribution in [3.05, 3.63) is 56.4 Å². The Morgan fingerprint density at radius 2 is 2.07 bits per heavy atom. The van der Waals surface area contributed by atoms with Gasteiger partial charge in [-0.05, 0) is 38.0 Å². The number of aromatic amines is 1. The molecule has 3 rings (SSSR count). The molecule has 0 saturated heterocycles. The molecule has 2 heterocycles. The van der Waals surface area contributed by atoms with Crippen LogP contribution in [0.3, 0.4) is 0 Å². The molecule has 0 fully saturated rings. The molecule has 6 nitrogen and oxygen atoms in total. The Balaban J connectivity index is 1.75. The molecule has 7 heteroatoms. The molecule has 2 N–H and O–H groups in total. The van der Waals surface area contributed by atoms with E-state index in [0.717, 1.165) is 35.5 Å². The van der Waals surface area contributed by atoms with Crippen molar-refractivity contribution in [1.29, 1.82) is 0 Å². The molecule has 0 spiro atoms. The van der Waals surface area contributed by atoms with Crippen molar-refractivity contribution in [3.8, 4) is 0 Å². The quantitative estimate of drug-likeness (QED) is 0.471. The average Bonchev–Trinajstić information content (AvgIpc) is 2.94. The molecule has 3 aromatic rings. The van der Waals surface area contributed by atoms with E-state index in [4.69, 9.17) is 4.74 Å². The van der Waals surface area contributed by atoms with Gasteiger partial charge in [-0.25, -0.2) is 9.78 Å². The van der Waals surface area contributed by atoms with E-state index < -0.39 is 5.97 Å². The number of rotatable bonds is 7. The van der Waals surface area contributed by atoms with Gasteiger partial charge >= 0.3 is 5.97 Å². The molecule has 0 radical (unpaired) electrons. The number of nitrogens with one attached hydrogen (secondary N) is 2. The highest BCUT2D eigenvalue weighted by atomic mass is 32.1. The van der Waals surface area contributed by atoms with Crippen LogP contribution in [-0.4, -0.2) is 22.5 Å². The number of aryl methyl sites for hydroxylation is 2. The fourth-order valence-electron chi connectivity index (χ4n) is 2.79. The summed E-state index contributed by atoms with van der Waals surface area (Å²) in [5.41, 5.74) is 1.96. The summed E-state index contributed by atoms with van der Waals surface area (Å²) in [6, 6.07) is 7.25. The smallest absolute Gasteiger partial charge is 0.340 e. The van der Waals surface area contributed by atoms with Gasteiger partial charge in [-0.15, -0.1) is 11.3 Å². The number of hydrogen-bond acceptors (Lipinski definition) is 6. The van der Waals surface area contributed by atoms with Gasteiger partial charge in [-0.2, -0.15) is 0 Å². The number of aromatic nitrogens is 2. The lowest BCUT2D eigenvalue weighted by Crippen LogP contribution is -2.15. The number of benzene rings is 1. The van der Waals surface area contributed by atoms with Crippen molar-refractivity contribution in [1.82, 2.24) is 9.97 Å². The Kier molecular flexibility index (Phi) is 5.91. The Bertz CT molecular complexity index is 1020. The van der Waals surface area contributed by atoms with Crippen molar-refractivity contribution in [2.75, 3.05) is 11.9 Å². The van der Waals surface area contributed by atoms with Gasteiger partial charge in [0.05, 0.1) is 10.9 Å². The van der Waals surface area contributed by atoms with E-state index in [-0.39, 0.29) is 12.2 Å². The summed E-state index contributed by atoms with van der Waals surface area (Å²) in [5, 5.41) is 3.87. The fraction of sp³-hybridized carbons (Fsp3) is 0.350. The number of anilines is 1. The molecule has 0 aliphatic carbocycles. The Labute approximate surface area is 161 Å². The number of H-pyrrole nitrogens is 1. The number of thiophene rings is 1. The number of fused-ring (bicyclic) bond motifs is 1. The highest BCUT2D eigenvalue weighted by Gasteiger charge is 2.15. The second kappa shape index (κ2) is 8.35. The maximum absolute atomic E-state index is 12.5. The van der Waals surface area contributed by atoms with Gasteiger partial charge < -0.3 is 15.0 Å². The largest absolute Gasteiger partial charge is 0.454 e. The topological polar surface area (TPSA) is 84.1 Å². The summed E-state index contributed by atoms with van der Waals surface area (Å²) in [5.74, 6) is -0.102. The molecule has 0 aliphatic rings. The van der Waals surface area contributed by atoms with Crippen LogP contribution in [0.2, 0.25) is 0 Å². The van der Waals surface area contributed by atoms with Crippen LogP contribution in [0.1, 0.15) is 46.4 Å². The standard InChI is InChI=1S/C20H23N3O3S/c1-4-5-10-21-15-9-7-6-8-14(15)20(25)26-11-16-22-18(24)17-12(2)13(3)27-19(17)23-16/h6-9,21H,4-5,10-11H2,1-3H3,(H,22,23,24). The number of carbonyl (C=O) groups is 1. The average molecular weight is 385 g/mol. The lowest BCUT2D eigenvalue weighted by atomic mass is 10.1. The number of hydrogen-bond donors (Lipinski definition) is 2. The third-order valence-electron chi connectivity index (χ3n) is 4.42. The van der Waals surface area contributed by atoms with Gasteiger partial charge in [0.2, 0.25) is 0 Å². The molecule has 0 saturated carbocycles. The second-order valence-corrected chi connectivity index (χ2v) is 7.58. The normalized spacial score (nSPS) is 10.9. The zero-order valence-corrected chi connectivity index (χ0v) is 16.5. The lowest BCUT2D eigenvalue weighted by molar-refractivity contribution is 0.0463. The van der Waals surface area contributed by atoms with Gasteiger partial charge in [-0.3, -0.25) is 4.79 Å². The minimum atomic E-state index is -0.448. The van der Waals surface area contributed by atoms with Gasteiger partial charge in [0.15, 0.2) is 0 Å². The van der Waals surface area contributed by atoms with Crippen LogP contribution < -0.4 is 10.9 Å². The number of nitrogens with zero attached hydrogens (tertiary/aromatic N) is 1. The number of unbranched alkanes of at least 4 members (excludes halogenated alkanes) is 1. The maximum Gasteiger partial charge on any atom is 0.340 e. The van der Waals surface area contributed by atoms with E-state index in [0.29, 0.717) is 21.6 Å². The zero-order chi connectivity index (χ0) is 19.4. The summed E-state index contributed by atoms with van der Waals surface area (Å²) in [4.78, 5) is 33.7. The highest BCUT2D eigenvalue weighted by Crippen LogP contribution is 2.25. The van der Waals surface area contributed by atoms with Crippen LogP contribution in [-0.2, 0) is 11.3 Å². The van der Waals surface area contributed by atoms with Crippen LogP contribution in [0.4, 0.5) is 5.69 Å². The molecule has 2 aromatic heterocycles. The second-order valence-electron chi connectivity index (χ2n) is 6.38. The van der Waals surface area contributed by atoms with Crippen molar-refractivity contribution >= 4 is 33.2 Å². The molecule has 0 atom stereocenters. The SMILES string of the molecule is CCCCNc1ccccc1C(=O)OCc1nc2sc(C)c(C)c2c(=O)[nH]1. The Morgan fingerprint density at radius 1 is 1.30 bits per heavy atom. The number of para-hydroxylation sites is 1. The summed E-state index contributed by atoms with van der Waals surface area (Å²) < 4.78 is 5.40. The Morgan fingerprint density at radius 3 is 2.85 bits per heavy atom. The van der Waals surface area contributed by atoms with Crippen molar-refractivity contribution < 1.29 is 9.53 Å². The highest BCUT2D eigenvalue weighted by molar-refractivity contribution is 7.18. The molecule has 1 aromatic carbocycles. The van der Waals surface area contributed by atoms with Gasteiger partial charge in [-0.1, -0.05) is 25.5 Å². The minimum Gasteiger partial charge on any atom is -0.454 e. The molecular weight excluding hydrogens is 362 g/mol. The molecule has 142 valence electrons. The number of ether oxygens (including phenoxy) is 1. The van der Waals surface area contributed by atoms with Crippen LogP contribution in [0, 0.1) is 13.8 Å². The first-order valence-corrected chi connectivity index (χ1v) is 9.81. The molecule has 27 heavy (non-hydrogen) atoms. The maximum atomic E-state index is 12.5. The van der Waals surface area contributed by atoms with Crippen molar-refractivity contribution in [3.63, 3.8) is 0 Å². The number of carbonyl (C=O) groups excluding carboxylic acids is 1. The lowest BCUT2D eigenvalue weighted by Gasteiger charge is -2.11. The van der Waals surface area contributed by atoms with Crippen LogP contribution in [0.25, 0.3) is 10.2 Å². The van der Waals surface area contributed by atoms with E-state index in [1.54, 1.807) is 12.1 Å². The molecule has 0 bridgehead atoms. The van der Waals surface area contributed by atoms with Gasteiger partial charge in [0, 0.05) is 17.1 Å². The van der Waals surface area contributed by atoms with Crippen LogP contribution in [0.15, 0.2) is 29.1 Å². The molecule has 0 unspecified atom stereocenters. The third kappa shape index (κ3) is 4.19. The zero-order valence-electron chi connectivity index (χ0n) is 15.7.